The van der Waals surface area contributed by atoms with Crippen molar-refractivity contribution in [3.8, 4) is 0 Å². The van der Waals surface area contributed by atoms with Crippen LogP contribution in [0.2, 0.25) is 0 Å². The Bertz CT molecular complexity index is 906. The number of aromatic carboxylic acids is 1. The van der Waals surface area contributed by atoms with E-state index >= 15 is 0 Å². The molecule has 0 radical (unpaired) electrons. The Balaban J connectivity index is 2.05. The number of carbonyl (C=O) groups is 1. The first-order valence-corrected chi connectivity index (χ1v) is 7.90. The highest BCUT2D eigenvalue weighted by Gasteiger charge is 2.20. The molecule has 0 saturated carbocycles. The highest BCUT2D eigenvalue weighted by Crippen LogP contribution is 2.27. The normalized spacial score (nSPS) is 12.5. The van der Waals surface area contributed by atoms with E-state index in [2.05, 4.69) is 20.3 Å². The monoisotopic (exact) mass is 341 g/mol. The molecule has 0 saturated heterocycles. The maximum absolute atomic E-state index is 11.4. The minimum Gasteiger partial charge on any atom is -0.478 e. The first-order chi connectivity index (χ1) is 12.0. The van der Waals surface area contributed by atoms with Gasteiger partial charge >= 0.3 is 5.97 Å². The van der Waals surface area contributed by atoms with Crippen molar-refractivity contribution in [2.45, 2.75) is 19.9 Å². The summed E-state index contributed by atoms with van der Waals surface area (Å²) in [5, 5.41) is 22.0. The average molecular weight is 341 g/mol. The van der Waals surface area contributed by atoms with Crippen molar-refractivity contribution in [3.63, 3.8) is 0 Å². The molecule has 0 aliphatic heterocycles. The fraction of sp³-hybridized carbons (Fsp3) is 0.294. The van der Waals surface area contributed by atoms with Crippen LogP contribution in [-0.2, 0) is 0 Å². The molecule has 3 N–H and O–H groups in total. The van der Waals surface area contributed by atoms with E-state index in [1.54, 1.807) is 24.5 Å². The third-order valence-electron chi connectivity index (χ3n) is 4.08. The van der Waals surface area contributed by atoms with Gasteiger partial charge in [-0.1, -0.05) is 26.0 Å². The molecule has 0 aliphatic carbocycles. The number of para-hydroxylation sites is 1. The Morgan fingerprint density at radius 2 is 2.00 bits per heavy atom. The van der Waals surface area contributed by atoms with Crippen molar-refractivity contribution in [3.05, 3.63) is 42.5 Å². The molecule has 0 aliphatic rings. The zero-order valence-corrected chi connectivity index (χ0v) is 13.9. The van der Waals surface area contributed by atoms with Gasteiger partial charge in [0.1, 0.15) is 6.33 Å². The van der Waals surface area contributed by atoms with E-state index in [-0.39, 0.29) is 24.1 Å². The van der Waals surface area contributed by atoms with Crippen LogP contribution in [0.5, 0.6) is 0 Å². The summed E-state index contributed by atoms with van der Waals surface area (Å²) in [4.78, 5) is 24.2. The van der Waals surface area contributed by atoms with E-state index < -0.39 is 5.97 Å². The first kappa shape index (κ1) is 16.8. The molecular weight excluding hydrogens is 322 g/mol. The summed E-state index contributed by atoms with van der Waals surface area (Å²) in [6, 6.07) is 6.43. The van der Waals surface area contributed by atoms with Crippen LogP contribution in [0, 0.1) is 5.92 Å². The molecule has 1 aromatic carbocycles. The lowest BCUT2D eigenvalue weighted by atomic mass is 10.1. The average Bonchev–Trinajstić information content (AvgIpc) is 3.00. The standard InChI is InChI=1S/C17H19N5O3/c1-10(2)13(7-23)22-9-20-14-15(18-8-19-16(14)22)21-12-6-4-3-5-11(12)17(24)25/h3-6,8-10,13,23H,7H2,1-2H3,(H,24,25)(H,18,19,21). The fourth-order valence-electron chi connectivity index (χ4n) is 2.71. The molecule has 0 fully saturated rings. The summed E-state index contributed by atoms with van der Waals surface area (Å²) >= 11 is 0. The summed E-state index contributed by atoms with van der Waals surface area (Å²) in [5.41, 5.74) is 1.66. The quantitative estimate of drug-likeness (QED) is 0.631. The molecule has 0 spiro atoms. The lowest BCUT2D eigenvalue weighted by Crippen LogP contribution is -2.18. The second-order valence-corrected chi connectivity index (χ2v) is 6.02. The number of aliphatic hydroxyl groups is 1. The highest BCUT2D eigenvalue weighted by molar-refractivity contribution is 5.96. The van der Waals surface area contributed by atoms with Gasteiger partial charge in [-0.15, -0.1) is 0 Å². The Morgan fingerprint density at radius 3 is 2.68 bits per heavy atom. The molecule has 1 atom stereocenters. The number of aromatic nitrogens is 4. The van der Waals surface area contributed by atoms with Gasteiger partial charge in [-0.3, -0.25) is 0 Å². The fourth-order valence-corrected chi connectivity index (χ4v) is 2.71. The van der Waals surface area contributed by atoms with E-state index in [1.807, 2.05) is 18.4 Å². The van der Waals surface area contributed by atoms with Crippen LogP contribution in [0.1, 0.15) is 30.2 Å². The van der Waals surface area contributed by atoms with Gasteiger partial charge < -0.3 is 20.1 Å². The van der Waals surface area contributed by atoms with Crippen LogP contribution >= 0.6 is 0 Å². The minimum absolute atomic E-state index is 0.0300. The molecule has 0 bridgehead atoms. The predicted octanol–water partition coefficient (Wildman–Crippen LogP) is 2.46. The van der Waals surface area contributed by atoms with Crippen molar-refractivity contribution in [2.75, 3.05) is 11.9 Å². The van der Waals surface area contributed by atoms with E-state index in [4.69, 9.17) is 0 Å². The lowest BCUT2D eigenvalue weighted by Gasteiger charge is -2.20. The summed E-state index contributed by atoms with van der Waals surface area (Å²) in [7, 11) is 0. The van der Waals surface area contributed by atoms with Crippen molar-refractivity contribution < 1.29 is 15.0 Å². The number of nitrogens with zero attached hydrogens (tertiary/aromatic N) is 4. The van der Waals surface area contributed by atoms with Gasteiger partial charge in [0.15, 0.2) is 17.0 Å². The minimum atomic E-state index is -1.03. The topological polar surface area (TPSA) is 113 Å². The SMILES string of the molecule is CC(C)C(CO)n1cnc2c(Nc3ccccc3C(=O)O)ncnc21. The molecule has 2 aromatic heterocycles. The van der Waals surface area contributed by atoms with Gasteiger partial charge in [-0.05, 0) is 18.1 Å². The Kier molecular flexibility index (Phi) is 4.62. The lowest BCUT2D eigenvalue weighted by molar-refractivity contribution is 0.0698. The number of fused-ring (bicyclic) bond motifs is 1. The summed E-state index contributed by atoms with van der Waals surface area (Å²) < 4.78 is 1.82. The van der Waals surface area contributed by atoms with E-state index in [0.717, 1.165) is 0 Å². The number of carboxylic acids is 1. The molecule has 8 heteroatoms. The molecule has 2 heterocycles. The van der Waals surface area contributed by atoms with Crippen molar-refractivity contribution in [1.82, 2.24) is 19.5 Å². The van der Waals surface area contributed by atoms with Gasteiger partial charge in [0.25, 0.3) is 0 Å². The molecule has 130 valence electrons. The predicted molar refractivity (Wildman–Crippen MR) is 93.0 cm³/mol. The number of nitrogens with one attached hydrogen (secondary N) is 1. The molecule has 1 unspecified atom stereocenters. The maximum atomic E-state index is 11.4. The van der Waals surface area contributed by atoms with Crippen LogP contribution in [0.4, 0.5) is 11.5 Å². The molecule has 8 nitrogen and oxygen atoms in total. The molecule has 3 rings (SSSR count). The van der Waals surface area contributed by atoms with Crippen LogP contribution < -0.4 is 5.32 Å². The maximum Gasteiger partial charge on any atom is 0.337 e. The van der Waals surface area contributed by atoms with Crippen molar-refractivity contribution in [2.24, 2.45) is 5.92 Å². The third kappa shape index (κ3) is 3.16. The molecule has 25 heavy (non-hydrogen) atoms. The van der Waals surface area contributed by atoms with Crippen LogP contribution in [-0.4, -0.2) is 42.3 Å². The Hall–Kier alpha value is -3.00. The zero-order valence-electron chi connectivity index (χ0n) is 13.9. The number of benzene rings is 1. The van der Waals surface area contributed by atoms with Crippen LogP contribution in [0.3, 0.4) is 0 Å². The Labute approximate surface area is 144 Å². The molecular formula is C17H19N5O3. The second kappa shape index (κ2) is 6.86. The van der Waals surface area contributed by atoms with Crippen molar-refractivity contribution in [1.29, 1.82) is 0 Å². The molecule has 0 amide bonds. The zero-order chi connectivity index (χ0) is 18.0. The largest absolute Gasteiger partial charge is 0.478 e. The van der Waals surface area contributed by atoms with Crippen LogP contribution in [0.15, 0.2) is 36.9 Å². The van der Waals surface area contributed by atoms with E-state index in [1.165, 1.54) is 12.4 Å². The van der Waals surface area contributed by atoms with E-state index in [9.17, 15) is 15.0 Å². The summed E-state index contributed by atoms with van der Waals surface area (Å²) in [6.45, 7) is 3.99. The van der Waals surface area contributed by atoms with Gasteiger partial charge in [0.05, 0.1) is 30.2 Å². The molecule has 3 aromatic rings. The number of hydrogen-bond acceptors (Lipinski definition) is 6. The number of carboxylic acid groups (broad SMARTS) is 1. The highest BCUT2D eigenvalue weighted by atomic mass is 16.4. The van der Waals surface area contributed by atoms with Crippen LogP contribution in [0.25, 0.3) is 11.2 Å². The number of anilines is 2. The van der Waals surface area contributed by atoms with Gasteiger partial charge in [0.2, 0.25) is 0 Å². The summed E-state index contributed by atoms with van der Waals surface area (Å²) in [5.74, 6) is -0.418. The number of aliphatic hydroxyl groups excluding tert-OH is 1. The van der Waals surface area contributed by atoms with Gasteiger partial charge in [-0.2, -0.15) is 0 Å². The first-order valence-electron chi connectivity index (χ1n) is 7.90. The number of rotatable bonds is 6. The van der Waals surface area contributed by atoms with Crippen molar-refractivity contribution >= 4 is 28.6 Å². The number of imidazole rings is 1. The van der Waals surface area contributed by atoms with Gasteiger partial charge in [0, 0.05) is 0 Å². The summed E-state index contributed by atoms with van der Waals surface area (Å²) in [6.07, 6.45) is 3.01. The van der Waals surface area contributed by atoms with E-state index in [0.29, 0.717) is 22.7 Å². The Morgan fingerprint density at radius 1 is 1.24 bits per heavy atom. The second-order valence-electron chi connectivity index (χ2n) is 6.02. The third-order valence-corrected chi connectivity index (χ3v) is 4.08. The number of hydrogen-bond donors (Lipinski definition) is 3. The smallest absolute Gasteiger partial charge is 0.337 e. The van der Waals surface area contributed by atoms with Gasteiger partial charge in [-0.25, -0.2) is 19.7 Å².